The van der Waals surface area contributed by atoms with E-state index in [9.17, 15) is 22.4 Å². The van der Waals surface area contributed by atoms with E-state index in [1.165, 1.54) is 18.3 Å². The smallest absolute Gasteiger partial charge is 0.283 e. The number of amides is 1. The number of nitriles is 1. The average molecular weight is 407 g/mol. The number of pyridine rings is 1. The maximum atomic E-state index is 14.5. The average Bonchev–Trinajstić information content (AvgIpc) is 2.71. The molecule has 2 heterocycles. The number of anilines is 1. The van der Waals surface area contributed by atoms with Gasteiger partial charge in [-0.15, -0.1) is 0 Å². The number of hydrogen-bond acceptors (Lipinski definition) is 6. The summed E-state index contributed by atoms with van der Waals surface area (Å²) >= 11 is 0. The van der Waals surface area contributed by atoms with Crippen LogP contribution in [-0.2, 0) is 10.3 Å². The highest BCUT2D eigenvalue weighted by Crippen LogP contribution is 2.42. The van der Waals surface area contributed by atoms with Crippen molar-refractivity contribution in [2.75, 3.05) is 11.9 Å². The Bertz CT molecular complexity index is 1010. The maximum absolute atomic E-state index is 14.5. The Kier molecular flexibility index (Phi) is 5.36. The minimum absolute atomic E-state index is 0.0739. The number of halogens is 4. The highest BCUT2D eigenvalue weighted by Gasteiger charge is 2.54. The predicted octanol–water partition coefficient (Wildman–Crippen LogP) is 2.49. The van der Waals surface area contributed by atoms with Gasteiger partial charge in [-0.1, -0.05) is 0 Å². The number of nitrogens with two attached hydrogens (primary N) is 1. The van der Waals surface area contributed by atoms with Crippen molar-refractivity contribution in [3.05, 3.63) is 59.2 Å². The second kappa shape index (κ2) is 7.75. The van der Waals surface area contributed by atoms with Crippen molar-refractivity contribution < 1.29 is 27.1 Å². The molecule has 0 saturated heterocycles. The zero-order valence-corrected chi connectivity index (χ0v) is 14.6. The molecule has 1 aromatic carbocycles. The molecule has 3 rings (SSSR count). The highest BCUT2D eigenvalue weighted by molar-refractivity contribution is 6.02. The van der Waals surface area contributed by atoms with E-state index in [4.69, 9.17) is 11.0 Å². The Morgan fingerprint density at radius 1 is 1.38 bits per heavy atom. The summed E-state index contributed by atoms with van der Waals surface area (Å²) in [6.45, 7) is -0.829. The first-order chi connectivity index (χ1) is 13.8. The molecule has 150 valence electrons. The molecule has 0 radical (unpaired) electrons. The van der Waals surface area contributed by atoms with E-state index < -0.39 is 48.1 Å². The third-order valence-corrected chi connectivity index (χ3v) is 4.26. The van der Waals surface area contributed by atoms with E-state index in [0.29, 0.717) is 0 Å². The molecule has 1 amide bonds. The molecular formula is C18H13F4N5O2. The lowest BCUT2D eigenvalue weighted by atomic mass is 9.85. The monoisotopic (exact) mass is 407 g/mol. The van der Waals surface area contributed by atoms with E-state index in [-0.39, 0.29) is 16.9 Å². The summed E-state index contributed by atoms with van der Waals surface area (Å²) in [5.74, 6) is -1.90. The summed E-state index contributed by atoms with van der Waals surface area (Å²) in [6, 6.07) is 6.55. The summed E-state index contributed by atoms with van der Waals surface area (Å²) in [7, 11) is 0. The molecule has 2 atom stereocenters. The van der Waals surface area contributed by atoms with Crippen LogP contribution in [0.3, 0.4) is 0 Å². The molecule has 0 saturated carbocycles. The summed E-state index contributed by atoms with van der Waals surface area (Å²) in [5.41, 5.74) is 1.69. The van der Waals surface area contributed by atoms with Crippen LogP contribution in [0, 0.1) is 17.1 Å². The normalized spacial score (nSPS) is 21.1. The Hall–Kier alpha value is -3.68. The Morgan fingerprint density at radius 2 is 2.14 bits per heavy atom. The maximum Gasteiger partial charge on any atom is 0.283 e. The fourth-order valence-electron chi connectivity index (χ4n) is 2.80. The van der Waals surface area contributed by atoms with E-state index in [0.717, 1.165) is 18.2 Å². The van der Waals surface area contributed by atoms with Gasteiger partial charge in [0.15, 0.2) is 11.7 Å². The molecule has 0 aliphatic carbocycles. The minimum Gasteiger partial charge on any atom is -0.462 e. The number of rotatable bonds is 4. The standard InChI is InChI=1S/C18H13F4N5O2/c19-12-3-2-10(26-15(28)13-4-1-9(6-23)7-25-13)5-11(12)18(16(21)22)14(20)8-29-17(24)27-18/h1-5,7,14,16H,8H2,(H2,24,27)(H,26,28). The zero-order chi connectivity index (χ0) is 21.2. The Morgan fingerprint density at radius 3 is 2.76 bits per heavy atom. The first kappa shape index (κ1) is 20.1. The van der Waals surface area contributed by atoms with Crippen LogP contribution in [0.1, 0.15) is 21.6 Å². The lowest BCUT2D eigenvalue weighted by Gasteiger charge is -2.36. The molecule has 0 spiro atoms. The first-order valence-corrected chi connectivity index (χ1v) is 8.15. The molecule has 2 unspecified atom stereocenters. The second-order valence-corrected chi connectivity index (χ2v) is 6.05. The van der Waals surface area contributed by atoms with E-state index in [2.05, 4.69) is 20.0 Å². The van der Waals surface area contributed by atoms with Crippen molar-refractivity contribution in [1.82, 2.24) is 4.98 Å². The second-order valence-electron chi connectivity index (χ2n) is 6.05. The van der Waals surface area contributed by atoms with Gasteiger partial charge in [0.1, 0.15) is 24.2 Å². The summed E-state index contributed by atoms with van der Waals surface area (Å²) in [6.07, 6.45) is -4.65. The van der Waals surface area contributed by atoms with Crippen molar-refractivity contribution in [2.45, 2.75) is 18.1 Å². The minimum atomic E-state index is -3.44. The number of carbonyl (C=O) groups excluding carboxylic acids is 1. The van der Waals surface area contributed by atoms with Gasteiger partial charge >= 0.3 is 0 Å². The summed E-state index contributed by atoms with van der Waals surface area (Å²) in [5, 5.41) is 11.1. The van der Waals surface area contributed by atoms with Crippen LogP contribution in [0.2, 0.25) is 0 Å². The molecule has 1 aliphatic heterocycles. The summed E-state index contributed by atoms with van der Waals surface area (Å²) in [4.78, 5) is 19.4. The molecule has 0 fully saturated rings. The fraction of sp³-hybridized carbons (Fsp3) is 0.222. The van der Waals surface area contributed by atoms with Crippen LogP contribution in [0.5, 0.6) is 0 Å². The number of benzene rings is 1. The topological polar surface area (TPSA) is 113 Å². The molecule has 1 aromatic heterocycles. The lowest BCUT2D eigenvalue weighted by molar-refractivity contribution is -0.0302. The molecule has 2 aromatic rings. The molecule has 0 bridgehead atoms. The molecule has 1 aliphatic rings. The number of hydrogen-bond donors (Lipinski definition) is 2. The number of aliphatic imine (C=N–C) groups is 1. The molecule has 3 N–H and O–H groups in total. The fourth-order valence-corrected chi connectivity index (χ4v) is 2.80. The van der Waals surface area contributed by atoms with Crippen LogP contribution < -0.4 is 11.1 Å². The molecule has 11 heteroatoms. The number of carbonyl (C=O) groups is 1. The first-order valence-electron chi connectivity index (χ1n) is 8.15. The van der Waals surface area contributed by atoms with Gasteiger partial charge in [-0.05, 0) is 30.3 Å². The quantitative estimate of drug-likeness (QED) is 0.756. The van der Waals surface area contributed by atoms with Crippen molar-refractivity contribution >= 4 is 17.6 Å². The SMILES string of the molecule is N#Cc1ccc(C(=O)Nc2ccc(F)c(C3(C(F)F)N=C(N)OCC3F)c2)nc1. The van der Waals surface area contributed by atoms with Crippen LogP contribution >= 0.6 is 0 Å². The summed E-state index contributed by atoms with van der Waals surface area (Å²) < 4.78 is 61.2. The van der Waals surface area contributed by atoms with Crippen molar-refractivity contribution in [2.24, 2.45) is 10.7 Å². The predicted molar refractivity (Wildman–Crippen MR) is 93.5 cm³/mol. The highest BCUT2D eigenvalue weighted by atomic mass is 19.3. The van der Waals surface area contributed by atoms with Gasteiger partial charge in [0.2, 0.25) is 0 Å². The van der Waals surface area contributed by atoms with Gasteiger partial charge in [-0.25, -0.2) is 27.5 Å². The number of amidine groups is 1. The van der Waals surface area contributed by atoms with Crippen LogP contribution in [-0.4, -0.2) is 36.1 Å². The van der Waals surface area contributed by atoms with E-state index in [1.807, 2.05) is 6.07 Å². The Labute approximate surface area is 161 Å². The molecular weight excluding hydrogens is 394 g/mol. The third kappa shape index (κ3) is 3.69. The van der Waals surface area contributed by atoms with Crippen molar-refractivity contribution in [1.29, 1.82) is 5.26 Å². The number of aromatic nitrogens is 1. The largest absolute Gasteiger partial charge is 0.462 e. The van der Waals surface area contributed by atoms with Crippen LogP contribution in [0.25, 0.3) is 0 Å². The number of ether oxygens (including phenoxy) is 1. The zero-order valence-electron chi connectivity index (χ0n) is 14.6. The van der Waals surface area contributed by atoms with Crippen molar-refractivity contribution in [3.63, 3.8) is 0 Å². The lowest BCUT2D eigenvalue weighted by Crippen LogP contribution is -2.50. The van der Waals surface area contributed by atoms with Crippen LogP contribution in [0.15, 0.2) is 41.5 Å². The Balaban J connectivity index is 1.98. The number of alkyl halides is 3. The van der Waals surface area contributed by atoms with Gasteiger partial charge in [-0.3, -0.25) is 4.79 Å². The van der Waals surface area contributed by atoms with E-state index in [1.54, 1.807) is 0 Å². The molecule has 29 heavy (non-hydrogen) atoms. The van der Waals surface area contributed by atoms with Gasteiger partial charge in [-0.2, -0.15) is 5.26 Å². The van der Waals surface area contributed by atoms with Gasteiger partial charge < -0.3 is 15.8 Å². The van der Waals surface area contributed by atoms with Gasteiger partial charge in [0.05, 0.1) is 5.56 Å². The third-order valence-electron chi connectivity index (χ3n) is 4.26. The number of nitrogens with zero attached hydrogens (tertiary/aromatic N) is 3. The number of nitrogens with one attached hydrogen (secondary N) is 1. The van der Waals surface area contributed by atoms with E-state index >= 15 is 0 Å². The van der Waals surface area contributed by atoms with Gasteiger partial charge in [0, 0.05) is 17.4 Å². The molecule has 7 nitrogen and oxygen atoms in total. The van der Waals surface area contributed by atoms with Crippen LogP contribution in [0.4, 0.5) is 23.2 Å². The van der Waals surface area contributed by atoms with Crippen molar-refractivity contribution in [3.8, 4) is 6.07 Å². The van der Waals surface area contributed by atoms with Gasteiger partial charge in [0.25, 0.3) is 18.4 Å².